The molecule has 1 saturated heterocycles. The zero-order valence-electron chi connectivity index (χ0n) is 19.5. The lowest BCUT2D eigenvalue weighted by atomic mass is 9.43. The number of aliphatic hydroxyl groups is 2. The Morgan fingerprint density at radius 1 is 1.12 bits per heavy atom. The number of carbonyl (C=O) groups is 1. The largest absolute Gasteiger partial charge is 0.459 e. The minimum absolute atomic E-state index is 0.0598. The predicted molar refractivity (Wildman–Crippen MR) is 117 cm³/mol. The molecule has 1 aliphatic heterocycles. The SMILES string of the molecule is CC(=O)O[C@H]1[C@H](c2ccc(=O)oc2)[C@@]2(C)[C@@H](O)CC3[C@@H](CC[C@@H]4C[C@@H](O)CC[C@@]34C)[C@@]23O[C@@H]13. The summed E-state index contributed by atoms with van der Waals surface area (Å²) in [4.78, 5) is 23.7. The third kappa shape index (κ3) is 2.67. The van der Waals surface area contributed by atoms with Crippen molar-refractivity contribution in [2.24, 2.45) is 28.6 Å². The zero-order valence-corrected chi connectivity index (χ0v) is 19.5. The van der Waals surface area contributed by atoms with E-state index < -0.39 is 28.8 Å². The lowest BCUT2D eigenvalue weighted by molar-refractivity contribution is -0.190. The Kier molecular flexibility index (Phi) is 4.57. The average molecular weight is 459 g/mol. The second-order valence-corrected chi connectivity index (χ2v) is 11.7. The maximum atomic E-state index is 12.1. The molecule has 1 spiro atoms. The first-order valence-corrected chi connectivity index (χ1v) is 12.4. The maximum absolute atomic E-state index is 12.1. The molecule has 0 bridgehead atoms. The summed E-state index contributed by atoms with van der Waals surface area (Å²) in [7, 11) is 0. The summed E-state index contributed by atoms with van der Waals surface area (Å²) in [6.45, 7) is 5.83. The highest BCUT2D eigenvalue weighted by Gasteiger charge is 2.86. The van der Waals surface area contributed by atoms with E-state index in [1.54, 1.807) is 6.07 Å². The number of fused-ring (bicyclic) bond motifs is 3. The van der Waals surface area contributed by atoms with Gasteiger partial charge < -0.3 is 24.1 Å². The Morgan fingerprint density at radius 2 is 1.91 bits per heavy atom. The van der Waals surface area contributed by atoms with Crippen molar-refractivity contribution in [3.05, 3.63) is 34.4 Å². The van der Waals surface area contributed by atoms with Crippen LogP contribution in [0.4, 0.5) is 0 Å². The van der Waals surface area contributed by atoms with Crippen LogP contribution < -0.4 is 5.63 Å². The van der Waals surface area contributed by atoms with Gasteiger partial charge in [-0.2, -0.15) is 0 Å². The summed E-state index contributed by atoms with van der Waals surface area (Å²) in [5, 5.41) is 22.1. The topological polar surface area (TPSA) is 110 Å². The van der Waals surface area contributed by atoms with Gasteiger partial charge in [-0.3, -0.25) is 4.79 Å². The number of rotatable bonds is 2. The van der Waals surface area contributed by atoms with Crippen molar-refractivity contribution in [2.75, 3.05) is 0 Å². The fourth-order valence-corrected chi connectivity index (χ4v) is 9.06. The molecule has 2 heterocycles. The van der Waals surface area contributed by atoms with Crippen LogP contribution in [0.2, 0.25) is 0 Å². The minimum Gasteiger partial charge on any atom is -0.459 e. The molecule has 2 N–H and O–H groups in total. The number of aliphatic hydroxyl groups excluding tert-OH is 2. The van der Waals surface area contributed by atoms with Gasteiger partial charge in [0.25, 0.3) is 0 Å². The van der Waals surface area contributed by atoms with Gasteiger partial charge in [0.1, 0.15) is 17.8 Å². The average Bonchev–Trinajstić information content (AvgIpc) is 3.46. The van der Waals surface area contributed by atoms with Crippen LogP contribution in [-0.4, -0.2) is 46.2 Å². The summed E-state index contributed by atoms with van der Waals surface area (Å²) in [5.74, 6) is 0.309. The number of epoxide rings is 1. The highest BCUT2D eigenvalue weighted by molar-refractivity contribution is 5.67. The molecule has 11 atom stereocenters. The van der Waals surface area contributed by atoms with E-state index in [0.29, 0.717) is 18.3 Å². The summed E-state index contributed by atoms with van der Waals surface area (Å²) in [6, 6.07) is 3.12. The van der Waals surface area contributed by atoms with Crippen LogP contribution in [-0.2, 0) is 14.3 Å². The molecule has 33 heavy (non-hydrogen) atoms. The Balaban J connectivity index is 1.44. The lowest BCUT2D eigenvalue weighted by Gasteiger charge is -2.62. The predicted octanol–water partition coefficient (Wildman–Crippen LogP) is 2.77. The molecular formula is C26H34O7. The van der Waals surface area contributed by atoms with Gasteiger partial charge >= 0.3 is 11.6 Å². The first-order valence-electron chi connectivity index (χ1n) is 12.4. The summed E-state index contributed by atoms with van der Waals surface area (Å²) in [6.07, 6.45) is 5.07. The van der Waals surface area contributed by atoms with E-state index in [9.17, 15) is 19.8 Å². The molecule has 6 rings (SSSR count). The highest BCUT2D eigenvalue weighted by atomic mass is 16.7. The lowest BCUT2D eigenvalue weighted by Crippen LogP contribution is -2.63. The Bertz CT molecular complexity index is 1020. The van der Waals surface area contributed by atoms with E-state index in [0.717, 1.165) is 37.7 Å². The quantitative estimate of drug-likeness (QED) is 0.518. The molecule has 7 heteroatoms. The van der Waals surface area contributed by atoms with E-state index in [4.69, 9.17) is 13.9 Å². The first kappa shape index (κ1) is 21.8. The van der Waals surface area contributed by atoms with E-state index in [1.807, 2.05) is 0 Å². The summed E-state index contributed by atoms with van der Waals surface area (Å²) < 4.78 is 17.6. The maximum Gasteiger partial charge on any atom is 0.335 e. The fourth-order valence-electron chi connectivity index (χ4n) is 9.06. The molecular weight excluding hydrogens is 424 g/mol. The van der Waals surface area contributed by atoms with E-state index >= 15 is 0 Å². The van der Waals surface area contributed by atoms with Crippen molar-refractivity contribution >= 4 is 5.97 Å². The normalized spacial score (nSPS) is 52.2. The second-order valence-electron chi connectivity index (χ2n) is 11.7. The van der Waals surface area contributed by atoms with Crippen LogP contribution in [0, 0.1) is 28.6 Å². The summed E-state index contributed by atoms with van der Waals surface area (Å²) in [5.41, 5.74) is -0.852. The van der Waals surface area contributed by atoms with Crippen LogP contribution in [0.25, 0.3) is 0 Å². The van der Waals surface area contributed by atoms with Crippen molar-refractivity contribution in [1.29, 1.82) is 0 Å². The van der Waals surface area contributed by atoms with Crippen LogP contribution in [0.1, 0.15) is 70.8 Å². The Hall–Kier alpha value is -1.70. The van der Waals surface area contributed by atoms with Gasteiger partial charge in [-0.05, 0) is 73.3 Å². The van der Waals surface area contributed by atoms with Crippen molar-refractivity contribution in [2.45, 2.75) is 95.2 Å². The first-order chi connectivity index (χ1) is 15.6. The fraction of sp³-hybridized carbons (Fsp3) is 0.769. The van der Waals surface area contributed by atoms with E-state index in [-0.39, 0.29) is 35.4 Å². The standard InChI is InChI=1S/C26H34O7/c1-13(27)32-22-21(14-4-7-20(30)31-12-14)25(3)19(29)11-18-17(26(25)23(22)33-26)6-5-15-10-16(28)8-9-24(15,18)2/h4,7,12,15-19,21-23,28-29H,5-6,8-11H2,1-3H3/t15-,16+,17-,18?,19+,21+,22+,23+,24-,25-,26+/m1/s1. The third-order valence-electron chi connectivity index (χ3n) is 10.6. The third-order valence-corrected chi connectivity index (χ3v) is 10.6. The van der Waals surface area contributed by atoms with Crippen molar-refractivity contribution < 1.29 is 28.9 Å². The molecule has 5 aliphatic rings. The monoisotopic (exact) mass is 458 g/mol. The van der Waals surface area contributed by atoms with Crippen LogP contribution in [0.3, 0.4) is 0 Å². The second kappa shape index (κ2) is 6.92. The smallest absolute Gasteiger partial charge is 0.335 e. The Morgan fingerprint density at radius 3 is 2.61 bits per heavy atom. The van der Waals surface area contributed by atoms with Gasteiger partial charge in [0.2, 0.25) is 0 Å². The molecule has 180 valence electrons. The highest BCUT2D eigenvalue weighted by Crippen LogP contribution is 2.78. The number of ether oxygens (including phenoxy) is 2. The number of carbonyl (C=O) groups excluding carboxylic acids is 1. The summed E-state index contributed by atoms with van der Waals surface area (Å²) >= 11 is 0. The van der Waals surface area contributed by atoms with Crippen molar-refractivity contribution in [3.8, 4) is 0 Å². The van der Waals surface area contributed by atoms with Crippen LogP contribution >= 0.6 is 0 Å². The van der Waals surface area contributed by atoms with E-state index in [2.05, 4.69) is 13.8 Å². The molecule has 1 unspecified atom stereocenters. The minimum atomic E-state index is -0.670. The van der Waals surface area contributed by atoms with Gasteiger partial charge in [-0.1, -0.05) is 13.8 Å². The molecule has 5 fully saturated rings. The molecule has 0 amide bonds. The number of hydrogen-bond donors (Lipinski definition) is 2. The molecule has 1 aromatic heterocycles. The van der Waals surface area contributed by atoms with Crippen molar-refractivity contribution in [3.63, 3.8) is 0 Å². The molecule has 0 radical (unpaired) electrons. The number of esters is 1. The molecule has 1 aromatic rings. The van der Waals surface area contributed by atoms with Crippen LogP contribution in [0.5, 0.6) is 0 Å². The van der Waals surface area contributed by atoms with Crippen molar-refractivity contribution in [1.82, 2.24) is 0 Å². The Labute approximate surface area is 193 Å². The van der Waals surface area contributed by atoms with Gasteiger partial charge in [0.15, 0.2) is 0 Å². The molecule has 4 aliphatic carbocycles. The van der Waals surface area contributed by atoms with Gasteiger partial charge in [-0.15, -0.1) is 0 Å². The van der Waals surface area contributed by atoms with Gasteiger partial charge in [-0.25, -0.2) is 4.79 Å². The molecule has 7 nitrogen and oxygen atoms in total. The zero-order chi connectivity index (χ0) is 23.3. The van der Waals surface area contributed by atoms with Gasteiger partial charge in [0, 0.05) is 24.3 Å². The van der Waals surface area contributed by atoms with Gasteiger partial charge in [0.05, 0.1) is 18.5 Å². The molecule has 0 aromatic carbocycles. The number of hydrogen-bond acceptors (Lipinski definition) is 7. The molecule has 4 saturated carbocycles. The van der Waals surface area contributed by atoms with E-state index in [1.165, 1.54) is 19.3 Å². The van der Waals surface area contributed by atoms with Crippen LogP contribution in [0.15, 0.2) is 27.6 Å².